The Balaban J connectivity index is 2.53. The van der Waals surface area contributed by atoms with Gasteiger partial charge in [0.15, 0.2) is 0 Å². The van der Waals surface area contributed by atoms with Crippen LogP contribution in [-0.2, 0) is 4.79 Å². The minimum Gasteiger partial charge on any atom is -0.481 e. The van der Waals surface area contributed by atoms with E-state index in [4.69, 9.17) is 0 Å². The average Bonchev–Trinajstić information content (AvgIpc) is 2.46. The van der Waals surface area contributed by atoms with Crippen molar-refractivity contribution in [2.75, 3.05) is 19.6 Å². The molecule has 1 atom stereocenters. The van der Waals surface area contributed by atoms with Crippen molar-refractivity contribution in [2.24, 2.45) is 5.41 Å². The van der Waals surface area contributed by atoms with Crippen LogP contribution in [0.3, 0.4) is 0 Å². The van der Waals surface area contributed by atoms with Gasteiger partial charge in [-0.1, -0.05) is 19.8 Å². The average molecular weight is 213 g/mol. The number of hydrogen-bond donors (Lipinski definition) is 1. The van der Waals surface area contributed by atoms with Gasteiger partial charge in [0.2, 0.25) is 0 Å². The first-order valence-electron chi connectivity index (χ1n) is 6.04. The number of likely N-dealkylation sites (tertiary alicyclic amines) is 1. The van der Waals surface area contributed by atoms with Crippen LogP contribution in [-0.4, -0.2) is 35.6 Å². The molecule has 0 aromatic rings. The third-order valence-electron chi connectivity index (χ3n) is 3.57. The van der Waals surface area contributed by atoms with E-state index < -0.39 is 11.4 Å². The van der Waals surface area contributed by atoms with Crippen LogP contribution in [0.1, 0.15) is 46.0 Å². The first-order valence-corrected chi connectivity index (χ1v) is 6.04. The summed E-state index contributed by atoms with van der Waals surface area (Å²) in [5.74, 6) is -0.658. The first kappa shape index (κ1) is 12.5. The molecule has 0 aromatic carbocycles. The Hall–Kier alpha value is -0.570. The van der Waals surface area contributed by atoms with Gasteiger partial charge in [0.1, 0.15) is 0 Å². The van der Waals surface area contributed by atoms with Crippen molar-refractivity contribution in [3.05, 3.63) is 0 Å². The van der Waals surface area contributed by atoms with Crippen LogP contribution in [0, 0.1) is 5.41 Å². The van der Waals surface area contributed by atoms with Gasteiger partial charge in [0.25, 0.3) is 0 Å². The monoisotopic (exact) mass is 213 g/mol. The van der Waals surface area contributed by atoms with Crippen LogP contribution < -0.4 is 0 Å². The summed E-state index contributed by atoms with van der Waals surface area (Å²) in [5, 5.41) is 9.21. The molecule has 3 nitrogen and oxygen atoms in total. The van der Waals surface area contributed by atoms with E-state index in [1.165, 1.54) is 25.7 Å². The molecule has 1 aliphatic rings. The highest BCUT2D eigenvalue weighted by Gasteiger charge is 2.33. The molecule has 0 radical (unpaired) electrons. The predicted molar refractivity (Wildman–Crippen MR) is 60.9 cm³/mol. The third kappa shape index (κ3) is 3.49. The molecule has 0 aromatic heterocycles. The number of nitrogens with zero attached hydrogens (tertiary/aromatic N) is 1. The maximum absolute atomic E-state index is 11.2. The van der Waals surface area contributed by atoms with Gasteiger partial charge in [-0.05, 0) is 39.3 Å². The minimum absolute atomic E-state index is 0.565. The third-order valence-corrected chi connectivity index (χ3v) is 3.57. The van der Waals surface area contributed by atoms with Crippen LogP contribution in [0.4, 0.5) is 0 Å². The summed E-state index contributed by atoms with van der Waals surface area (Å²) in [6.07, 6.45) is 5.75. The van der Waals surface area contributed by atoms with Gasteiger partial charge in [-0.25, -0.2) is 0 Å². The van der Waals surface area contributed by atoms with Crippen LogP contribution in [0.2, 0.25) is 0 Å². The molecule has 0 aliphatic carbocycles. The molecule has 0 bridgehead atoms. The molecule has 0 spiro atoms. The van der Waals surface area contributed by atoms with Crippen molar-refractivity contribution in [3.63, 3.8) is 0 Å². The fourth-order valence-electron chi connectivity index (χ4n) is 2.12. The normalized spacial score (nSPS) is 23.1. The summed E-state index contributed by atoms with van der Waals surface area (Å²) in [4.78, 5) is 13.5. The van der Waals surface area contributed by atoms with Crippen molar-refractivity contribution < 1.29 is 9.90 Å². The molecule has 1 unspecified atom stereocenters. The van der Waals surface area contributed by atoms with E-state index in [0.29, 0.717) is 13.0 Å². The van der Waals surface area contributed by atoms with E-state index in [0.717, 1.165) is 13.1 Å². The van der Waals surface area contributed by atoms with Crippen LogP contribution >= 0.6 is 0 Å². The summed E-state index contributed by atoms with van der Waals surface area (Å²) < 4.78 is 0. The van der Waals surface area contributed by atoms with E-state index in [-0.39, 0.29) is 0 Å². The standard InChI is InChI=1S/C12H23NO2/c1-3-12(2,11(14)15)10-13-8-6-4-5-7-9-13/h3-10H2,1-2H3,(H,14,15). The van der Waals surface area contributed by atoms with Crippen molar-refractivity contribution >= 4 is 5.97 Å². The molecule has 88 valence electrons. The Morgan fingerprint density at radius 3 is 2.20 bits per heavy atom. The molecular formula is C12H23NO2. The molecule has 15 heavy (non-hydrogen) atoms. The highest BCUT2D eigenvalue weighted by Crippen LogP contribution is 2.24. The summed E-state index contributed by atoms with van der Waals surface area (Å²) in [6.45, 7) is 6.68. The number of carbonyl (C=O) groups is 1. The molecule has 1 saturated heterocycles. The van der Waals surface area contributed by atoms with Crippen LogP contribution in [0.25, 0.3) is 0 Å². The highest BCUT2D eigenvalue weighted by atomic mass is 16.4. The van der Waals surface area contributed by atoms with Gasteiger partial charge in [0, 0.05) is 6.54 Å². The zero-order chi connectivity index (χ0) is 11.3. The molecule has 0 saturated carbocycles. The van der Waals surface area contributed by atoms with Crippen LogP contribution in [0.5, 0.6) is 0 Å². The summed E-state index contributed by atoms with van der Waals surface area (Å²) in [5.41, 5.74) is -0.565. The van der Waals surface area contributed by atoms with Crippen molar-refractivity contribution in [1.82, 2.24) is 4.90 Å². The second-order valence-corrected chi connectivity index (χ2v) is 4.91. The number of hydrogen-bond acceptors (Lipinski definition) is 2. The molecule has 0 amide bonds. The Bertz CT molecular complexity index is 210. The number of carboxylic acids is 1. The Kier molecular flexibility index (Phi) is 4.58. The van der Waals surface area contributed by atoms with E-state index >= 15 is 0 Å². The summed E-state index contributed by atoms with van der Waals surface area (Å²) in [6, 6.07) is 0. The highest BCUT2D eigenvalue weighted by molar-refractivity contribution is 5.74. The zero-order valence-electron chi connectivity index (χ0n) is 9.96. The predicted octanol–water partition coefficient (Wildman–Crippen LogP) is 2.36. The van der Waals surface area contributed by atoms with Gasteiger partial charge in [-0.2, -0.15) is 0 Å². The SMILES string of the molecule is CCC(C)(CN1CCCCCC1)C(=O)O. The minimum atomic E-state index is -0.658. The lowest BCUT2D eigenvalue weighted by atomic mass is 9.87. The van der Waals surface area contributed by atoms with Gasteiger partial charge in [-0.15, -0.1) is 0 Å². The smallest absolute Gasteiger partial charge is 0.310 e. The fourth-order valence-corrected chi connectivity index (χ4v) is 2.12. The summed E-state index contributed by atoms with van der Waals surface area (Å²) >= 11 is 0. The van der Waals surface area contributed by atoms with Gasteiger partial charge < -0.3 is 10.0 Å². The Labute approximate surface area is 92.5 Å². The quantitative estimate of drug-likeness (QED) is 0.779. The van der Waals surface area contributed by atoms with Crippen molar-refractivity contribution in [2.45, 2.75) is 46.0 Å². The second kappa shape index (κ2) is 5.50. The molecule has 3 heteroatoms. The van der Waals surface area contributed by atoms with Gasteiger partial charge in [0.05, 0.1) is 5.41 Å². The molecular weight excluding hydrogens is 190 g/mol. The fraction of sp³-hybridized carbons (Fsp3) is 0.917. The van der Waals surface area contributed by atoms with Crippen molar-refractivity contribution in [1.29, 1.82) is 0 Å². The second-order valence-electron chi connectivity index (χ2n) is 4.91. The number of carboxylic acid groups (broad SMARTS) is 1. The zero-order valence-corrected chi connectivity index (χ0v) is 9.96. The summed E-state index contributed by atoms with van der Waals surface area (Å²) in [7, 11) is 0. The maximum Gasteiger partial charge on any atom is 0.310 e. The van der Waals surface area contributed by atoms with Gasteiger partial charge in [-0.3, -0.25) is 4.79 Å². The number of aliphatic carboxylic acids is 1. The Morgan fingerprint density at radius 1 is 1.27 bits per heavy atom. The Morgan fingerprint density at radius 2 is 1.80 bits per heavy atom. The van der Waals surface area contributed by atoms with E-state index in [9.17, 15) is 9.90 Å². The largest absolute Gasteiger partial charge is 0.481 e. The number of rotatable bonds is 4. The van der Waals surface area contributed by atoms with E-state index in [1.807, 2.05) is 13.8 Å². The topological polar surface area (TPSA) is 40.5 Å². The van der Waals surface area contributed by atoms with E-state index in [2.05, 4.69) is 4.90 Å². The first-order chi connectivity index (χ1) is 7.08. The van der Waals surface area contributed by atoms with E-state index in [1.54, 1.807) is 0 Å². The lowest BCUT2D eigenvalue weighted by Crippen LogP contribution is -2.41. The molecule has 1 heterocycles. The van der Waals surface area contributed by atoms with Crippen LogP contribution in [0.15, 0.2) is 0 Å². The van der Waals surface area contributed by atoms with Crippen molar-refractivity contribution in [3.8, 4) is 0 Å². The maximum atomic E-state index is 11.2. The molecule has 1 N–H and O–H groups in total. The van der Waals surface area contributed by atoms with Gasteiger partial charge >= 0.3 is 5.97 Å². The molecule has 1 rings (SSSR count). The molecule has 1 aliphatic heterocycles. The lowest BCUT2D eigenvalue weighted by molar-refractivity contribution is -0.149. The lowest BCUT2D eigenvalue weighted by Gasteiger charge is -2.30. The molecule has 1 fully saturated rings.